The number of nitrogens with zero attached hydrogens (tertiary/aromatic N) is 1. The van der Waals surface area contributed by atoms with Gasteiger partial charge in [0.25, 0.3) is 0 Å². The second kappa shape index (κ2) is 4.36. The number of rotatable bonds is 1. The molecule has 0 saturated carbocycles. The van der Waals surface area contributed by atoms with Crippen molar-refractivity contribution in [2.75, 3.05) is 18.0 Å². The molecule has 0 unspecified atom stereocenters. The number of halogens is 1. The van der Waals surface area contributed by atoms with Crippen LogP contribution in [0.1, 0.15) is 19.3 Å². The van der Waals surface area contributed by atoms with Gasteiger partial charge in [0, 0.05) is 24.2 Å². The number of hydrogen-bond acceptors (Lipinski definition) is 1. The van der Waals surface area contributed by atoms with E-state index in [0.29, 0.717) is 0 Å². The fourth-order valence-electron chi connectivity index (χ4n) is 2.67. The predicted octanol–water partition coefficient (Wildman–Crippen LogP) is 3.97. The summed E-state index contributed by atoms with van der Waals surface area (Å²) in [5, 5.41) is 1.77. The molecule has 2 aromatic rings. The van der Waals surface area contributed by atoms with Gasteiger partial charge in [-0.05, 0) is 36.8 Å². The molecule has 0 N–H and O–H groups in total. The molecule has 0 amide bonds. The van der Waals surface area contributed by atoms with Crippen molar-refractivity contribution in [3.05, 3.63) is 42.2 Å². The summed E-state index contributed by atoms with van der Waals surface area (Å²) in [7, 11) is 0. The van der Waals surface area contributed by atoms with Crippen LogP contribution in [-0.2, 0) is 0 Å². The van der Waals surface area contributed by atoms with Gasteiger partial charge in [0.1, 0.15) is 5.82 Å². The summed E-state index contributed by atoms with van der Waals surface area (Å²) in [4.78, 5) is 2.31. The third-order valence-corrected chi connectivity index (χ3v) is 3.53. The highest BCUT2D eigenvalue weighted by Gasteiger charge is 2.15. The van der Waals surface area contributed by atoms with Crippen LogP contribution < -0.4 is 4.90 Å². The monoisotopic (exact) mass is 229 g/mol. The zero-order valence-electron chi connectivity index (χ0n) is 9.82. The Morgan fingerprint density at radius 3 is 2.35 bits per heavy atom. The van der Waals surface area contributed by atoms with Gasteiger partial charge in [-0.2, -0.15) is 0 Å². The molecule has 2 heteroatoms. The largest absolute Gasteiger partial charge is 0.371 e. The van der Waals surface area contributed by atoms with Crippen molar-refractivity contribution in [2.24, 2.45) is 0 Å². The lowest BCUT2D eigenvalue weighted by Gasteiger charge is -2.29. The highest BCUT2D eigenvalue weighted by molar-refractivity contribution is 5.94. The minimum atomic E-state index is -0.108. The van der Waals surface area contributed by atoms with E-state index in [1.54, 1.807) is 12.1 Å². The summed E-state index contributed by atoms with van der Waals surface area (Å²) in [6.07, 6.45) is 3.72. The summed E-state index contributed by atoms with van der Waals surface area (Å²) in [6.45, 7) is 2.10. The Morgan fingerprint density at radius 2 is 1.59 bits per heavy atom. The molecular formula is C15H16FN. The van der Waals surface area contributed by atoms with Crippen LogP contribution in [0.5, 0.6) is 0 Å². The van der Waals surface area contributed by atoms with Crippen molar-refractivity contribution >= 4 is 16.5 Å². The van der Waals surface area contributed by atoms with Crippen LogP contribution in [0.3, 0.4) is 0 Å². The van der Waals surface area contributed by atoms with Crippen molar-refractivity contribution in [2.45, 2.75) is 19.3 Å². The Bertz CT molecular complexity index is 524. The van der Waals surface area contributed by atoms with E-state index in [1.807, 2.05) is 24.3 Å². The van der Waals surface area contributed by atoms with E-state index in [4.69, 9.17) is 0 Å². The Labute approximate surface area is 101 Å². The second-order valence-corrected chi connectivity index (χ2v) is 4.66. The van der Waals surface area contributed by atoms with Gasteiger partial charge in [-0.3, -0.25) is 0 Å². The third-order valence-electron chi connectivity index (χ3n) is 3.53. The zero-order valence-corrected chi connectivity index (χ0v) is 9.82. The highest BCUT2D eigenvalue weighted by atomic mass is 19.1. The zero-order chi connectivity index (χ0) is 11.7. The minimum absolute atomic E-state index is 0.108. The maximum atomic E-state index is 14.0. The first-order valence-electron chi connectivity index (χ1n) is 6.28. The van der Waals surface area contributed by atoms with Crippen molar-refractivity contribution in [3.63, 3.8) is 0 Å². The topological polar surface area (TPSA) is 3.24 Å². The molecule has 88 valence electrons. The van der Waals surface area contributed by atoms with Gasteiger partial charge in [0.05, 0.1) is 0 Å². The smallest absolute Gasteiger partial charge is 0.133 e. The van der Waals surface area contributed by atoms with Crippen LogP contribution >= 0.6 is 0 Å². The van der Waals surface area contributed by atoms with E-state index in [1.165, 1.54) is 19.3 Å². The summed E-state index contributed by atoms with van der Waals surface area (Å²) in [6, 6.07) is 11.3. The molecule has 1 fully saturated rings. The van der Waals surface area contributed by atoms with Crippen LogP contribution in [0.15, 0.2) is 36.4 Å². The van der Waals surface area contributed by atoms with Gasteiger partial charge in [0.15, 0.2) is 0 Å². The van der Waals surface area contributed by atoms with Crippen molar-refractivity contribution in [1.82, 2.24) is 0 Å². The predicted molar refractivity (Wildman–Crippen MR) is 70.0 cm³/mol. The summed E-state index contributed by atoms with van der Waals surface area (Å²) in [5.74, 6) is -0.108. The molecule has 0 radical (unpaired) electrons. The number of piperidine rings is 1. The number of hydrogen-bond donors (Lipinski definition) is 0. The SMILES string of the molecule is Fc1cccc2cccc(N3CCCCC3)c12. The Hall–Kier alpha value is -1.57. The maximum Gasteiger partial charge on any atom is 0.133 e. The minimum Gasteiger partial charge on any atom is -0.371 e. The molecule has 1 aliphatic rings. The lowest BCUT2D eigenvalue weighted by molar-refractivity contribution is 0.577. The van der Waals surface area contributed by atoms with Gasteiger partial charge in [-0.1, -0.05) is 24.3 Å². The van der Waals surface area contributed by atoms with Gasteiger partial charge in [0.2, 0.25) is 0 Å². The molecule has 0 spiro atoms. The number of benzene rings is 2. The second-order valence-electron chi connectivity index (χ2n) is 4.66. The first-order valence-corrected chi connectivity index (χ1v) is 6.28. The average Bonchev–Trinajstić information content (AvgIpc) is 2.39. The van der Waals surface area contributed by atoms with E-state index in [0.717, 1.165) is 29.5 Å². The van der Waals surface area contributed by atoms with E-state index >= 15 is 0 Å². The van der Waals surface area contributed by atoms with Crippen LogP contribution in [0, 0.1) is 5.82 Å². The van der Waals surface area contributed by atoms with E-state index in [9.17, 15) is 4.39 Å². The van der Waals surface area contributed by atoms with Crippen LogP contribution in [0.25, 0.3) is 10.8 Å². The maximum absolute atomic E-state index is 14.0. The molecule has 2 aromatic carbocycles. The molecule has 1 saturated heterocycles. The Morgan fingerprint density at radius 1 is 0.882 bits per heavy atom. The fraction of sp³-hybridized carbons (Fsp3) is 0.333. The number of fused-ring (bicyclic) bond motifs is 1. The molecule has 0 aliphatic carbocycles. The van der Waals surface area contributed by atoms with Gasteiger partial charge in [-0.25, -0.2) is 4.39 Å². The molecule has 17 heavy (non-hydrogen) atoms. The normalized spacial score (nSPS) is 16.4. The van der Waals surface area contributed by atoms with Crippen molar-refractivity contribution < 1.29 is 4.39 Å². The molecule has 1 heterocycles. The Kier molecular flexibility index (Phi) is 2.71. The lowest BCUT2D eigenvalue weighted by Crippen LogP contribution is -2.29. The van der Waals surface area contributed by atoms with Crippen molar-refractivity contribution in [3.8, 4) is 0 Å². The van der Waals surface area contributed by atoms with E-state index < -0.39 is 0 Å². The van der Waals surface area contributed by atoms with Gasteiger partial charge < -0.3 is 4.90 Å². The first kappa shape index (κ1) is 10.6. The highest BCUT2D eigenvalue weighted by Crippen LogP contribution is 2.30. The molecule has 0 bridgehead atoms. The molecule has 0 atom stereocenters. The van der Waals surface area contributed by atoms with E-state index in [-0.39, 0.29) is 5.82 Å². The standard InChI is InChI=1S/C15H16FN/c16-13-8-4-6-12-7-5-9-14(15(12)13)17-10-2-1-3-11-17/h4-9H,1-3,10-11H2. The molecule has 3 rings (SSSR count). The first-order chi connectivity index (χ1) is 8.36. The lowest BCUT2D eigenvalue weighted by atomic mass is 10.0. The molecule has 1 nitrogen and oxygen atoms in total. The quantitative estimate of drug-likeness (QED) is 0.715. The summed E-state index contributed by atoms with van der Waals surface area (Å²) < 4.78 is 14.0. The third kappa shape index (κ3) is 1.88. The molecule has 1 aliphatic heterocycles. The fourth-order valence-corrected chi connectivity index (χ4v) is 2.67. The summed E-state index contributed by atoms with van der Waals surface area (Å²) >= 11 is 0. The van der Waals surface area contributed by atoms with Crippen molar-refractivity contribution in [1.29, 1.82) is 0 Å². The van der Waals surface area contributed by atoms with Crippen LogP contribution in [-0.4, -0.2) is 13.1 Å². The average molecular weight is 229 g/mol. The van der Waals surface area contributed by atoms with E-state index in [2.05, 4.69) is 4.90 Å². The Balaban J connectivity index is 2.14. The van der Waals surface area contributed by atoms with Gasteiger partial charge >= 0.3 is 0 Å². The van der Waals surface area contributed by atoms with Crippen LogP contribution in [0.2, 0.25) is 0 Å². The number of anilines is 1. The molecule has 0 aromatic heterocycles. The van der Waals surface area contributed by atoms with Crippen LogP contribution in [0.4, 0.5) is 10.1 Å². The molecular weight excluding hydrogens is 213 g/mol. The van der Waals surface area contributed by atoms with Gasteiger partial charge in [-0.15, -0.1) is 0 Å². The summed E-state index contributed by atoms with van der Waals surface area (Å²) in [5.41, 5.74) is 1.06.